The summed E-state index contributed by atoms with van der Waals surface area (Å²) in [5.74, 6) is 2.67. The Labute approximate surface area is 167 Å². The molecule has 1 unspecified atom stereocenters. The van der Waals surface area contributed by atoms with Crippen molar-refractivity contribution in [1.82, 2.24) is 20.2 Å². The van der Waals surface area contributed by atoms with Crippen LogP contribution in [0.25, 0.3) is 0 Å². The molecule has 0 radical (unpaired) electrons. The molecule has 0 bridgehead atoms. The van der Waals surface area contributed by atoms with E-state index < -0.39 is 0 Å². The van der Waals surface area contributed by atoms with Crippen molar-refractivity contribution in [1.29, 1.82) is 0 Å². The molecule has 0 spiro atoms. The number of fused-ring (bicyclic) bond motifs is 1. The molecule has 7 nitrogen and oxygen atoms in total. The number of nitrogens with one attached hydrogen (secondary N) is 2. The number of imidazole rings is 1. The van der Waals surface area contributed by atoms with E-state index in [4.69, 9.17) is 14.5 Å². The third-order valence-electron chi connectivity index (χ3n) is 4.58. The lowest BCUT2D eigenvalue weighted by Gasteiger charge is -2.14. The predicted molar refractivity (Wildman–Crippen MR) is 111 cm³/mol. The number of guanidine groups is 1. The maximum absolute atomic E-state index is 5.91. The molecule has 1 aliphatic rings. The van der Waals surface area contributed by atoms with Gasteiger partial charge in [0, 0.05) is 49.6 Å². The minimum Gasteiger partial charge on any atom is -0.494 e. The van der Waals surface area contributed by atoms with Gasteiger partial charge in [-0.15, -0.1) is 0 Å². The summed E-state index contributed by atoms with van der Waals surface area (Å²) in [6.07, 6.45) is 7.76. The lowest BCUT2D eigenvalue weighted by molar-refractivity contribution is 0.254. The summed E-state index contributed by atoms with van der Waals surface area (Å²) in [4.78, 5) is 8.81. The fraction of sp³-hybridized carbons (Fsp3) is 0.524. The van der Waals surface area contributed by atoms with Gasteiger partial charge in [-0.3, -0.25) is 0 Å². The van der Waals surface area contributed by atoms with Gasteiger partial charge in [0.1, 0.15) is 17.6 Å². The lowest BCUT2D eigenvalue weighted by Crippen LogP contribution is -2.38. The predicted octanol–water partition coefficient (Wildman–Crippen LogP) is 2.75. The van der Waals surface area contributed by atoms with E-state index in [9.17, 15) is 0 Å². The van der Waals surface area contributed by atoms with Gasteiger partial charge in [-0.2, -0.15) is 0 Å². The molecule has 1 aromatic carbocycles. The second-order valence-electron chi connectivity index (χ2n) is 6.91. The molecule has 2 heterocycles. The van der Waals surface area contributed by atoms with Crippen molar-refractivity contribution in [2.24, 2.45) is 4.99 Å². The highest BCUT2D eigenvalue weighted by atomic mass is 16.5. The largest absolute Gasteiger partial charge is 0.494 e. The van der Waals surface area contributed by atoms with Crippen LogP contribution in [0.1, 0.15) is 38.3 Å². The zero-order valence-electron chi connectivity index (χ0n) is 17.1. The van der Waals surface area contributed by atoms with E-state index in [0.717, 1.165) is 55.5 Å². The zero-order chi connectivity index (χ0) is 19.8. The van der Waals surface area contributed by atoms with Crippen LogP contribution in [-0.4, -0.2) is 41.3 Å². The van der Waals surface area contributed by atoms with Gasteiger partial charge in [-0.05, 0) is 39.3 Å². The molecular formula is C21H31N5O2. The van der Waals surface area contributed by atoms with Crippen LogP contribution in [0.5, 0.6) is 11.5 Å². The number of hydrogen-bond donors (Lipinski definition) is 2. The maximum Gasteiger partial charge on any atom is 0.191 e. The van der Waals surface area contributed by atoms with E-state index in [1.165, 1.54) is 5.56 Å². The van der Waals surface area contributed by atoms with E-state index in [-0.39, 0.29) is 6.10 Å². The Morgan fingerprint density at radius 2 is 2.25 bits per heavy atom. The molecule has 0 amide bonds. The van der Waals surface area contributed by atoms with Crippen molar-refractivity contribution in [3.63, 3.8) is 0 Å². The Morgan fingerprint density at radius 3 is 3.00 bits per heavy atom. The fourth-order valence-electron chi connectivity index (χ4n) is 3.29. The van der Waals surface area contributed by atoms with Gasteiger partial charge in [0.2, 0.25) is 0 Å². The second-order valence-corrected chi connectivity index (χ2v) is 6.91. The molecule has 152 valence electrons. The summed E-state index contributed by atoms with van der Waals surface area (Å²) < 4.78 is 13.8. The standard InChI is InChI=1S/C21H31N5O2/c1-4-23-21(24-7-6-9-26-10-8-22-15-26)25-14-18-13-20-17(11-16(3)28-20)12-19(18)27-5-2/h8,10,12-13,15-16H,4-7,9,11,14H2,1-3H3,(H2,23,24,25). The molecule has 0 aliphatic carbocycles. The van der Waals surface area contributed by atoms with Gasteiger partial charge in [-0.25, -0.2) is 9.98 Å². The molecule has 2 N–H and O–H groups in total. The summed E-state index contributed by atoms with van der Waals surface area (Å²) in [7, 11) is 0. The number of rotatable bonds is 9. The normalized spacial score (nSPS) is 15.8. The monoisotopic (exact) mass is 385 g/mol. The van der Waals surface area contributed by atoms with E-state index in [2.05, 4.69) is 46.2 Å². The second kappa shape index (κ2) is 10.0. The third-order valence-corrected chi connectivity index (χ3v) is 4.58. The Morgan fingerprint density at radius 1 is 1.36 bits per heavy atom. The van der Waals surface area contributed by atoms with Gasteiger partial charge < -0.3 is 24.7 Å². The Kier molecular flexibility index (Phi) is 7.17. The molecule has 1 aliphatic heterocycles. The Balaban J connectivity index is 1.62. The molecule has 0 saturated carbocycles. The smallest absolute Gasteiger partial charge is 0.191 e. The van der Waals surface area contributed by atoms with Gasteiger partial charge >= 0.3 is 0 Å². The highest BCUT2D eigenvalue weighted by Gasteiger charge is 2.21. The summed E-state index contributed by atoms with van der Waals surface area (Å²) in [5, 5.41) is 6.70. The van der Waals surface area contributed by atoms with E-state index in [0.29, 0.717) is 13.2 Å². The van der Waals surface area contributed by atoms with Crippen molar-refractivity contribution in [3.8, 4) is 11.5 Å². The average Bonchev–Trinajstić information content (AvgIpc) is 3.31. The quantitative estimate of drug-likeness (QED) is 0.394. The van der Waals surface area contributed by atoms with Gasteiger partial charge in [0.05, 0.1) is 19.5 Å². The minimum atomic E-state index is 0.220. The first kappa shape index (κ1) is 20.0. The number of ether oxygens (including phenoxy) is 2. The van der Waals surface area contributed by atoms with Crippen LogP contribution in [0.4, 0.5) is 0 Å². The molecule has 28 heavy (non-hydrogen) atoms. The Bertz CT molecular complexity index is 773. The van der Waals surface area contributed by atoms with Crippen LogP contribution in [-0.2, 0) is 19.5 Å². The topological polar surface area (TPSA) is 72.7 Å². The van der Waals surface area contributed by atoms with Crippen LogP contribution >= 0.6 is 0 Å². The fourth-order valence-corrected chi connectivity index (χ4v) is 3.29. The SMILES string of the molecule is CCNC(=NCc1cc2c(cc1OCC)CC(C)O2)NCCCn1ccnc1. The van der Waals surface area contributed by atoms with E-state index in [1.54, 1.807) is 6.20 Å². The average molecular weight is 386 g/mol. The lowest BCUT2D eigenvalue weighted by atomic mass is 10.1. The van der Waals surface area contributed by atoms with Crippen LogP contribution in [0.3, 0.4) is 0 Å². The van der Waals surface area contributed by atoms with Crippen molar-refractivity contribution in [3.05, 3.63) is 42.0 Å². The van der Waals surface area contributed by atoms with Crippen molar-refractivity contribution >= 4 is 5.96 Å². The number of nitrogens with zero attached hydrogens (tertiary/aromatic N) is 3. The van der Waals surface area contributed by atoms with Crippen molar-refractivity contribution < 1.29 is 9.47 Å². The maximum atomic E-state index is 5.91. The van der Waals surface area contributed by atoms with Crippen LogP contribution < -0.4 is 20.1 Å². The van der Waals surface area contributed by atoms with Crippen LogP contribution in [0, 0.1) is 0 Å². The van der Waals surface area contributed by atoms with E-state index in [1.807, 2.05) is 19.4 Å². The molecule has 0 fully saturated rings. The molecule has 3 rings (SSSR count). The Hall–Kier alpha value is -2.70. The first-order chi connectivity index (χ1) is 13.7. The van der Waals surface area contributed by atoms with E-state index >= 15 is 0 Å². The first-order valence-corrected chi connectivity index (χ1v) is 10.1. The highest BCUT2D eigenvalue weighted by molar-refractivity contribution is 5.79. The zero-order valence-corrected chi connectivity index (χ0v) is 17.1. The summed E-state index contributed by atoms with van der Waals surface area (Å²) in [6, 6.07) is 4.19. The van der Waals surface area contributed by atoms with Crippen molar-refractivity contribution in [2.75, 3.05) is 19.7 Å². The highest BCUT2D eigenvalue weighted by Crippen LogP contribution is 2.35. The summed E-state index contributed by atoms with van der Waals surface area (Å²) >= 11 is 0. The van der Waals surface area contributed by atoms with Crippen LogP contribution in [0.15, 0.2) is 35.8 Å². The number of aromatic nitrogens is 2. The molecule has 2 aromatic rings. The summed E-state index contributed by atoms with van der Waals surface area (Å²) in [5.41, 5.74) is 2.26. The number of aliphatic imine (C=N–C) groups is 1. The van der Waals surface area contributed by atoms with Crippen molar-refractivity contribution in [2.45, 2.75) is 52.8 Å². The van der Waals surface area contributed by atoms with Gasteiger partial charge in [0.25, 0.3) is 0 Å². The summed E-state index contributed by atoms with van der Waals surface area (Å²) in [6.45, 7) is 9.93. The van der Waals surface area contributed by atoms with Gasteiger partial charge in [-0.1, -0.05) is 0 Å². The first-order valence-electron chi connectivity index (χ1n) is 10.1. The minimum absolute atomic E-state index is 0.220. The number of benzene rings is 1. The molecule has 7 heteroatoms. The van der Waals surface area contributed by atoms with Crippen LogP contribution in [0.2, 0.25) is 0 Å². The third kappa shape index (κ3) is 5.41. The number of hydrogen-bond acceptors (Lipinski definition) is 4. The van der Waals surface area contributed by atoms with Gasteiger partial charge in [0.15, 0.2) is 5.96 Å². The molecule has 0 saturated heterocycles. The molecular weight excluding hydrogens is 354 g/mol. The molecule has 1 atom stereocenters. The molecule has 1 aromatic heterocycles. The number of aryl methyl sites for hydroxylation is 1.